The molecule has 1 unspecified atom stereocenters. The predicted molar refractivity (Wildman–Crippen MR) is 76.1 cm³/mol. The van der Waals surface area contributed by atoms with Crippen molar-refractivity contribution in [2.75, 3.05) is 11.9 Å². The number of nitrogens with one attached hydrogen (secondary N) is 2. The van der Waals surface area contributed by atoms with Gasteiger partial charge in [-0.2, -0.15) is 0 Å². The Kier molecular flexibility index (Phi) is 5.00. The Labute approximate surface area is 116 Å². The summed E-state index contributed by atoms with van der Waals surface area (Å²) in [4.78, 5) is 20.9. The Morgan fingerprint density at radius 3 is 3.05 bits per heavy atom. The molecule has 5 nitrogen and oxygen atoms in total. The molecule has 0 aliphatic rings. The van der Waals surface area contributed by atoms with Gasteiger partial charge in [-0.1, -0.05) is 6.07 Å². The van der Waals surface area contributed by atoms with Gasteiger partial charge in [-0.3, -0.25) is 9.78 Å². The molecule has 1 amide bonds. The van der Waals surface area contributed by atoms with E-state index < -0.39 is 0 Å². The zero-order valence-corrected chi connectivity index (χ0v) is 11.5. The van der Waals surface area contributed by atoms with Crippen LogP contribution in [0.2, 0.25) is 0 Å². The van der Waals surface area contributed by atoms with Crippen molar-refractivity contribution in [3.05, 3.63) is 41.0 Å². The maximum Gasteiger partial charge on any atom is 0.239 e. The van der Waals surface area contributed by atoms with Crippen LogP contribution >= 0.6 is 11.3 Å². The van der Waals surface area contributed by atoms with Gasteiger partial charge in [0.15, 0.2) is 5.82 Å². The first kappa shape index (κ1) is 13.6. The van der Waals surface area contributed by atoms with E-state index in [0.29, 0.717) is 5.82 Å². The lowest BCUT2D eigenvalue weighted by molar-refractivity contribution is -0.115. The zero-order valence-electron chi connectivity index (χ0n) is 10.7. The van der Waals surface area contributed by atoms with E-state index in [-0.39, 0.29) is 18.5 Å². The molecular formula is C13H16N4OS. The van der Waals surface area contributed by atoms with Crippen LogP contribution in [0, 0.1) is 0 Å². The number of carbonyl (C=O) groups is 1. The SMILES string of the molecule is CC(Cc1cccs1)NCC(=O)Nc1cnccn1. The summed E-state index contributed by atoms with van der Waals surface area (Å²) in [6, 6.07) is 4.39. The number of nitrogens with zero attached hydrogens (tertiary/aromatic N) is 2. The summed E-state index contributed by atoms with van der Waals surface area (Å²) in [5.74, 6) is 0.360. The molecule has 2 heterocycles. The van der Waals surface area contributed by atoms with E-state index in [1.165, 1.54) is 11.1 Å². The average molecular weight is 276 g/mol. The highest BCUT2D eigenvalue weighted by Crippen LogP contribution is 2.10. The number of anilines is 1. The average Bonchev–Trinajstić information content (AvgIpc) is 2.90. The molecule has 2 rings (SSSR count). The number of hydrogen-bond acceptors (Lipinski definition) is 5. The van der Waals surface area contributed by atoms with Crippen LogP contribution in [0.1, 0.15) is 11.8 Å². The van der Waals surface area contributed by atoms with Gasteiger partial charge in [0.25, 0.3) is 0 Å². The highest BCUT2D eigenvalue weighted by Gasteiger charge is 2.07. The molecule has 0 aromatic carbocycles. The van der Waals surface area contributed by atoms with Gasteiger partial charge >= 0.3 is 0 Å². The summed E-state index contributed by atoms with van der Waals surface area (Å²) >= 11 is 1.73. The van der Waals surface area contributed by atoms with Crippen molar-refractivity contribution in [2.45, 2.75) is 19.4 Å². The molecule has 0 fully saturated rings. The zero-order chi connectivity index (χ0) is 13.5. The summed E-state index contributed by atoms with van der Waals surface area (Å²) in [7, 11) is 0. The third-order valence-electron chi connectivity index (χ3n) is 2.53. The molecule has 0 saturated heterocycles. The van der Waals surface area contributed by atoms with Crippen molar-refractivity contribution < 1.29 is 4.79 Å². The van der Waals surface area contributed by atoms with Gasteiger partial charge in [0.1, 0.15) is 0 Å². The Hall–Kier alpha value is -1.79. The maximum atomic E-state index is 11.7. The van der Waals surface area contributed by atoms with E-state index in [9.17, 15) is 4.79 Å². The van der Waals surface area contributed by atoms with Crippen molar-refractivity contribution in [3.63, 3.8) is 0 Å². The molecule has 0 bridgehead atoms. The first-order chi connectivity index (χ1) is 9.24. The van der Waals surface area contributed by atoms with E-state index in [4.69, 9.17) is 0 Å². The smallest absolute Gasteiger partial charge is 0.239 e. The van der Waals surface area contributed by atoms with Gasteiger partial charge in [-0.25, -0.2) is 4.98 Å². The summed E-state index contributed by atoms with van der Waals surface area (Å²) < 4.78 is 0. The van der Waals surface area contributed by atoms with E-state index in [1.54, 1.807) is 23.7 Å². The van der Waals surface area contributed by atoms with Crippen molar-refractivity contribution in [1.29, 1.82) is 0 Å². The second kappa shape index (κ2) is 6.96. The lowest BCUT2D eigenvalue weighted by Gasteiger charge is -2.12. The first-order valence-corrected chi connectivity index (χ1v) is 6.93. The fraction of sp³-hybridized carbons (Fsp3) is 0.308. The molecule has 2 aromatic heterocycles. The van der Waals surface area contributed by atoms with E-state index in [1.807, 2.05) is 6.07 Å². The fourth-order valence-electron chi connectivity index (χ4n) is 1.62. The highest BCUT2D eigenvalue weighted by molar-refractivity contribution is 7.09. The highest BCUT2D eigenvalue weighted by atomic mass is 32.1. The molecule has 100 valence electrons. The molecule has 0 radical (unpaired) electrons. The predicted octanol–water partition coefficient (Wildman–Crippen LogP) is 1.70. The molecule has 6 heteroatoms. The van der Waals surface area contributed by atoms with Crippen LogP contribution in [-0.2, 0) is 11.2 Å². The summed E-state index contributed by atoms with van der Waals surface area (Å²) in [5, 5.41) is 7.93. The number of hydrogen-bond donors (Lipinski definition) is 2. The standard InChI is InChI=1S/C13H16N4OS/c1-10(7-11-3-2-6-19-11)16-9-13(18)17-12-8-14-4-5-15-12/h2-6,8,10,16H,7,9H2,1H3,(H,15,17,18). The second-order valence-corrected chi connectivity index (χ2v) is 5.24. The van der Waals surface area contributed by atoms with Crippen LogP contribution in [0.5, 0.6) is 0 Å². The van der Waals surface area contributed by atoms with Gasteiger partial charge < -0.3 is 10.6 Å². The van der Waals surface area contributed by atoms with Crippen LogP contribution in [-0.4, -0.2) is 28.5 Å². The minimum absolute atomic E-state index is 0.112. The van der Waals surface area contributed by atoms with Crippen molar-refractivity contribution in [1.82, 2.24) is 15.3 Å². The molecular weight excluding hydrogens is 260 g/mol. The van der Waals surface area contributed by atoms with Gasteiger partial charge in [-0.05, 0) is 24.8 Å². The number of rotatable bonds is 6. The quantitative estimate of drug-likeness (QED) is 0.842. The lowest BCUT2D eigenvalue weighted by Crippen LogP contribution is -2.35. The van der Waals surface area contributed by atoms with Crippen LogP contribution in [0.25, 0.3) is 0 Å². The third-order valence-corrected chi connectivity index (χ3v) is 3.43. The number of thiophene rings is 1. The molecule has 0 saturated carbocycles. The van der Waals surface area contributed by atoms with Crippen molar-refractivity contribution >= 4 is 23.1 Å². The monoisotopic (exact) mass is 276 g/mol. The molecule has 2 aromatic rings. The summed E-state index contributed by atoms with van der Waals surface area (Å²) in [6.45, 7) is 2.33. The molecule has 19 heavy (non-hydrogen) atoms. The van der Waals surface area contributed by atoms with Gasteiger partial charge in [0, 0.05) is 23.3 Å². The third kappa shape index (κ3) is 4.76. The topological polar surface area (TPSA) is 66.9 Å². The molecule has 0 aliphatic heterocycles. The number of carbonyl (C=O) groups excluding carboxylic acids is 1. The van der Waals surface area contributed by atoms with Crippen LogP contribution < -0.4 is 10.6 Å². The summed E-state index contributed by atoms with van der Waals surface area (Å²) in [6.07, 6.45) is 5.56. The number of aromatic nitrogens is 2. The molecule has 1 atom stereocenters. The number of amides is 1. The molecule has 0 aliphatic carbocycles. The normalized spacial score (nSPS) is 12.1. The van der Waals surface area contributed by atoms with Gasteiger partial charge in [-0.15, -0.1) is 11.3 Å². The molecule has 2 N–H and O–H groups in total. The van der Waals surface area contributed by atoms with Crippen molar-refractivity contribution in [3.8, 4) is 0 Å². The van der Waals surface area contributed by atoms with Crippen LogP contribution in [0.4, 0.5) is 5.82 Å². The Balaban J connectivity index is 1.71. The van der Waals surface area contributed by atoms with Gasteiger partial charge in [0.05, 0.1) is 12.7 Å². The lowest BCUT2D eigenvalue weighted by atomic mass is 10.2. The summed E-state index contributed by atoms with van der Waals surface area (Å²) in [5.41, 5.74) is 0. The van der Waals surface area contributed by atoms with E-state index >= 15 is 0 Å². The maximum absolute atomic E-state index is 11.7. The Morgan fingerprint density at radius 2 is 2.37 bits per heavy atom. The van der Waals surface area contributed by atoms with Crippen LogP contribution in [0.15, 0.2) is 36.1 Å². The Bertz CT molecular complexity index is 501. The minimum atomic E-state index is -0.112. The first-order valence-electron chi connectivity index (χ1n) is 6.05. The van der Waals surface area contributed by atoms with E-state index in [2.05, 4.69) is 39.0 Å². The second-order valence-electron chi connectivity index (χ2n) is 4.20. The van der Waals surface area contributed by atoms with Crippen LogP contribution in [0.3, 0.4) is 0 Å². The Morgan fingerprint density at radius 1 is 1.47 bits per heavy atom. The van der Waals surface area contributed by atoms with Gasteiger partial charge in [0.2, 0.25) is 5.91 Å². The minimum Gasteiger partial charge on any atom is -0.308 e. The molecule has 0 spiro atoms. The largest absolute Gasteiger partial charge is 0.308 e. The van der Waals surface area contributed by atoms with Crippen molar-refractivity contribution in [2.24, 2.45) is 0 Å². The van der Waals surface area contributed by atoms with E-state index in [0.717, 1.165) is 6.42 Å². The fourth-order valence-corrected chi connectivity index (χ4v) is 2.46.